The van der Waals surface area contributed by atoms with Crippen molar-refractivity contribution in [1.29, 1.82) is 0 Å². The Kier molecular flexibility index (Phi) is 14.4. The summed E-state index contributed by atoms with van der Waals surface area (Å²) in [6.07, 6.45) is 0. The molecule has 0 aromatic heterocycles. The molecule has 0 aliphatic carbocycles. The molecule has 0 spiro atoms. The van der Waals surface area contributed by atoms with Gasteiger partial charge in [-0.15, -0.1) is 0 Å². The van der Waals surface area contributed by atoms with Gasteiger partial charge in [0.05, 0.1) is 5.09 Å². The van der Waals surface area contributed by atoms with Crippen molar-refractivity contribution in [1.82, 2.24) is 0 Å². The van der Waals surface area contributed by atoms with Crippen molar-refractivity contribution in [3.8, 4) is 0 Å². The fourth-order valence-corrected chi connectivity index (χ4v) is 0. The first-order chi connectivity index (χ1) is 3.15. The van der Waals surface area contributed by atoms with Crippen LogP contribution in [0.25, 0.3) is 0 Å². The van der Waals surface area contributed by atoms with Crippen LogP contribution in [0.2, 0.25) is 0 Å². The Morgan fingerprint density at radius 3 is 1.43 bits per heavy atom. The summed E-state index contributed by atoms with van der Waals surface area (Å²) in [5, 5.41) is 14.8. The Hall–Kier alpha value is 0.442. The fraction of sp³-hybridized carbons (Fsp3) is 0. The van der Waals surface area contributed by atoms with Gasteiger partial charge in [0, 0.05) is 0 Å². The molecule has 0 aliphatic rings. The normalized spacial score (nSPS) is 6.57. The van der Waals surface area contributed by atoms with E-state index in [0.29, 0.717) is 0 Å². The SMILES string of the molecule is O=[N+]([O-])[O-].[Cl][Pd+][Cl]. The van der Waals surface area contributed by atoms with Gasteiger partial charge in [-0.1, -0.05) is 0 Å². The zero-order chi connectivity index (χ0) is 6.28. The first kappa shape index (κ1) is 10.4. The predicted molar refractivity (Wildman–Crippen MR) is 22.1 cm³/mol. The van der Waals surface area contributed by atoms with E-state index < -0.39 is 5.09 Å². The molecule has 0 heterocycles. The van der Waals surface area contributed by atoms with Gasteiger partial charge in [0.2, 0.25) is 0 Å². The molecule has 0 saturated carbocycles. The third-order valence-corrected chi connectivity index (χ3v) is 0. The average molecular weight is 239 g/mol. The van der Waals surface area contributed by atoms with Crippen LogP contribution in [-0.2, 0) is 15.9 Å². The monoisotopic (exact) mass is 238 g/mol. The van der Waals surface area contributed by atoms with E-state index in [1.54, 1.807) is 0 Å². The second-order valence-corrected chi connectivity index (χ2v) is 2.63. The molecule has 0 unspecified atom stereocenters. The number of halogens is 2. The molecular weight excluding hydrogens is 239 g/mol. The topological polar surface area (TPSA) is 66.2 Å². The maximum atomic E-state index is 8.25. The van der Waals surface area contributed by atoms with Gasteiger partial charge in [-0.25, -0.2) is 0 Å². The van der Waals surface area contributed by atoms with E-state index in [9.17, 15) is 0 Å². The van der Waals surface area contributed by atoms with Crippen LogP contribution in [-0.4, -0.2) is 5.09 Å². The van der Waals surface area contributed by atoms with Crippen LogP contribution in [0.4, 0.5) is 0 Å². The molecule has 0 rings (SSSR count). The zero-order valence-electron chi connectivity index (χ0n) is 2.74. The van der Waals surface area contributed by atoms with Gasteiger partial charge in [-0.2, -0.15) is 0 Å². The Labute approximate surface area is 55.6 Å². The molecule has 0 N–H and O–H groups in total. The third kappa shape index (κ3) is 650. The minimum atomic E-state index is -1.75. The van der Waals surface area contributed by atoms with Crippen molar-refractivity contribution in [2.45, 2.75) is 0 Å². The van der Waals surface area contributed by atoms with Crippen molar-refractivity contribution in [3.05, 3.63) is 15.3 Å². The molecule has 0 aliphatic heterocycles. The summed E-state index contributed by atoms with van der Waals surface area (Å²) in [6.45, 7) is 0. The molecule has 0 bridgehead atoms. The van der Waals surface area contributed by atoms with E-state index in [-0.39, 0.29) is 15.9 Å². The summed E-state index contributed by atoms with van der Waals surface area (Å²) >= 11 is -0.106. The third-order valence-electron chi connectivity index (χ3n) is 0. The summed E-state index contributed by atoms with van der Waals surface area (Å²) in [5.74, 6) is 0. The van der Waals surface area contributed by atoms with Gasteiger partial charge in [0.1, 0.15) is 0 Å². The van der Waals surface area contributed by atoms with Gasteiger partial charge in [-0.05, 0) is 0 Å². The average Bonchev–Trinajstić information content (AvgIpc) is 1.33. The molecule has 0 aromatic rings. The molecule has 0 atom stereocenters. The molecule has 0 radical (unpaired) electrons. The Bertz CT molecular complexity index is 44.2. The van der Waals surface area contributed by atoms with E-state index >= 15 is 0 Å². The second-order valence-electron chi connectivity index (χ2n) is 0.269. The molecule has 0 saturated heterocycles. The number of hydrogen-bond donors (Lipinski definition) is 0. The molecular formula is Cl2NO3Pd. The van der Waals surface area contributed by atoms with E-state index in [2.05, 4.69) is 0 Å². The fourth-order valence-electron chi connectivity index (χ4n) is 0. The molecule has 47 valence electrons. The van der Waals surface area contributed by atoms with E-state index in [4.69, 9.17) is 34.4 Å². The summed E-state index contributed by atoms with van der Waals surface area (Å²) in [5.41, 5.74) is 0. The van der Waals surface area contributed by atoms with Gasteiger partial charge in [-0.3, -0.25) is 0 Å². The van der Waals surface area contributed by atoms with E-state index in [1.807, 2.05) is 0 Å². The van der Waals surface area contributed by atoms with Gasteiger partial charge < -0.3 is 15.3 Å². The summed E-state index contributed by atoms with van der Waals surface area (Å²) in [4.78, 5) is 8.25. The molecule has 0 aromatic carbocycles. The summed E-state index contributed by atoms with van der Waals surface area (Å²) < 4.78 is 0. The van der Waals surface area contributed by atoms with Crippen LogP contribution < -0.4 is 0 Å². The molecule has 0 fully saturated rings. The molecule has 7 heteroatoms. The first-order valence-electron chi connectivity index (χ1n) is 0.787. The summed E-state index contributed by atoms with van der Waals surface area (Å²) in [7, 11) is 9.63. The van der Waals surface area contributed by atoms with Crippen LogP contribution >= 0.6 is 19.1 Å². The van der Waals surface area contributed by atoms with E-state index in [0.717, 1.165) is 0 Å². The van der Waals surface area contributed by atoms with Crippen LogP contribution in [0.5, 0.6) is 0 Å². The van der Waals surface area contributed by atoms with Crippen molar-refractivity contribution in [3.63, 3.8) is 0 Å². The van der Waals surface area contributed by atoms with Gasteiger partial charge in [0.15, 0.2) is 0 Å². The van der Waals surface area contributed by atoms with Crippen LogP contribution in [0.15, 0.2) is 0 Å². The van der Waals surface area contributed by atoms with Crippen LogP contribution in [0.1, 0.15) is 0 Å². The summed E-state index contributed by atoms with van der Waals surface area (Å²) in [6, 6.07) is 0. The predicted octanol–water partition coefficient (Wildman–Crippen LogP) is 1.14. The van der Waals surface area contributed by atoms with Gasteiger partial charge >= 0.3 is 35.0 Å². The van der Waals surface area contributed by atoms with E-state index in [1.165, 1.54) is 0 Å². The van der Waals surface area contributed by atoms with Gasteiger partial charge in [0.25, 0.3) is 0 Å². The second kappa shape index (κ2) is 9.67. The number of hydrogen-bond acceptors (Lipinski definition) is 3. The molecule has 4 nitrogen and oxygen atoms in total. The Morgan fingerprint density at radius 1 is 1.43 bits per heavy atom. The maximum absolute atomic E-state index is 8.25. The Balaban J connectivity index is 0. The van der Waals surface area contributed by atoms with Crippen molar-refractivity contribution in [2.75, 3.05) is 0 Å². The molecule has 7 heavy (non-hydrogen) atoms. The number of nitrogens with zero attached hydrogens (tertiary/aromatic N) is 1. The minimum absolute atomic E-state index is 0.106. The van der Waals surface area contributed by atoms with Crippen LogP contribution in [0, 0.1) is 15.3 Å². The van der Waals surface area contributed by atoms with Crippen molar-refractivity contribution in [2.24, 2.45) is 0 Å². The first-order valence-corrected chi connectivity index (χ1v) is 4.79. The zero-order valence-corrected chi connectivity index (χ0v) is 5.81. The number of rotatable bonds is 0. The Morgan fingerprint density at radius 2 is 1.43 bits per heavy atom. The quantitative estimate of drug-likeness (QED) is 0.361. The van der Waals surface area contributed by atoms with Crippen LogP contribution in [0.3, 0.4) is 0 Å². The molecule has 0 amide bonds. The standard InChI is InChI=1S/2ClH.NO3.Pd/c;;2-1(3)4;/h2*1H;;/q;;-1;+3/p-2. The van der Waals surface area contributed by atoms with Crippen molar-refractivity contribution < 1.29 is 21.0 Å². The van der Waals surface area contributed by atoms with Crippen molar-refractivity contribution >= 4 is 19.1 Å².